The van der Waals surface area contributed by atoms with Crippen LogP contribution >= 0.6 is 0 Å². The Balaban J connectivity index is 3.26. The molecule has 0 heterocycles. The van der Waals surface area contributed by atoms with Gasteiger partial charge in [0.1, 0.15) is 0 Å². The Bertz CT molecular complexity index is 308. The first-order chi connectivity index (χ1) is 12.6. The minimum Gasteiger partial charge on any atom is -0.469 e. The molecule has 0 amide bonds. The Morgan fingerprint density at radius 1 is 0.654 bits per heavy atom. The van der Waals surface area contributed by atoms with Crippen molar-refractivity contribution in [1.29, 1.82) is 0 Å². The Labute approximate surface area is 164 Å². The van der Waals surface area contributed by atoms with Crippen molar-refractivity contribution in [2.45, 2.75) is 122 Å². The molecule has 0 unspecified atom stereocenters. The quantitative estimate of drug-likeness (QED) is 0.133. The Hall–Kier alpha value is -0.353. The lowest BCUT2D eigenvalue weighted by Gasteiger charge is -2.27. The van der Waals surface area contributed by atoms with E-state index in [0.717, 1.165) is 19.4 Å². The molecule has 0 aromatic carbocycles. The van der Waals surface area contributed by atoms with E-state index in [-0.39, 0.29) is 5.97 Å². The maximum Gasteiger partial charge on any atom is 0.305 e. The van der Waals surface area contributed by atoms with Gasteiger partial charge in [-0.25, -0.2) is 0 Å². The molecule has 0 saturated carbocycles. The number of unbranched alkanes of at least 4 members (excludes halogenated alkanes) is 11. The number of hydrogen-bond acceptors (Lipinski definition) is 3. The summed E-state index contributed by atoms with van der Waals surface area (Å²) in [5, 5.41) is 0. The molecule has 26 heavy (non-hydrogen) atoms. The Kier molecular flexibility index (Phi) is 17.8. The van der Waals surface area contributed by atoms with Crippen LogP contribution in [0.3, 0.4) is 0 Å². The summed E-state index contributed by atoms with van der Waals surface area (Å²) in [5.74, 6) is -0.0703. The molecule has 0 N–H and O–H groups in total. The summed E-state index contributed by atoms with van der Waals surface area (Å²) >= 11 is 0. The SMILES string of the molecule is CC[Si](CC)(CC)OCCCCCCCCCCCCCCC(=O)OC. The molecule has 0 bridgehead atoms. The number of methoxy groups -OCH3 is 1. The van der Waals surface area contributed by atoms with Crippen molar-refractivity contribution in [3.63, 3.8) is 0 Å². The van der Waals surface area contributed by atoms with Crippen molar-refractivity contribution in [1.82, 2.24) is 0 Å². The van der Waals surface area contributed by atoms with Gasteiger partial charge in [0.05, 0.1) is 7.11 Å². The highest BCUT2D eigenvalue weighted by molar-refractivity contribution is 6.73. The predicted molar refractivity (Wildman–Crippen MR) is 115 cm³/mol. The van der Waals surface area contributed by atoms with Crippen LogP contribution in [0, 0.1) is 0 Å². The normalized spacial score (nSPS) is 11.7. The first kappa shape index (κ1) is 25.6. The zero-order valence-corrected chi connectivity index (χ0v) is 19.2. The number of carbonyl (C=O) groups is 1. The lowest BCUT2D eigenvalue weighted by Crippen LogP contribution is -2.36. The van der Waals surface area contributed by atoms with Crippen LogP contribution < -0.4 is 0 Å². The van der Waals surface area contributed by atoms with E-state index in [1.807, 2.05) is 0 Å². The highest BCUT2D eigenvalue weighted by Gasteiger charge is 2.27. The average molecular weight is 387 g/mol. The summed E-state index contributed by atoms with van der Waals surface area (Å²) in [4.78, 5) is 11.0. The minimum atomic E-state index is -1.35. The first-order valence-electron chi connectivity index (χ1n) is 11.3. The van der Waals surface area contributed by atoms with Gasteiger partial charge in [-0.2, -0.15) is 0 Å². The van der Waals surface area contributed by atoms with Crippen molar-refractivity contribution in [2.75, 3.05) is 13.7 Å². The van der Waals surface area contributed by atoms with Crippen LogP contribution in [-0.4, -0.2) is 28.0 Å². The van der Waals surface area contributed by atoms with Gasteiger partial charge in [-0.15, -0.1) is 0 Å². The highest BCUT2D eigenvalue weighted by atomic mass is 28.4. The van der Waals surface area contributed by atoms with E-state index in [9.17, 15) is 4.79 Å². The van der Waals surface area contributed by atoms with Crippen molar-refractivity contribution < 1.29 is 14.0 Å². The van der Waals surface area contributed by atoms with E-state index < -0.39 is 8.32 Å². The average Bonchev–Trinajstić information content (AvgIpc) is 2.68. The lowest BCUT2D eigenvalue weighted by atomic mass is 10.0. The zero-order valence-electron chi connectivity index (χ0n) is 18.2. The molecule has 156 valence electrons. The summed E-state index contributed by atoms with van der Waals surface area (Å²) in [6, 6.07) is 3.81. The second kappa shape index (κ2) is 18.0. The number of ether oxygens (including phenoxy) is 1. The number of hydrogen-bond donors (Lipinski definition) is 0. The fourth-order valence-corrected chi connectivity index (χ4v) is 6.28. The molecule has 3 nitrogen and oxygen atoms in total. The molecule has 0 radical (unpaired) electrons. The van der Waals surface area contributed by atoms with Crippen LogP contribution in [0.2, 0.25) is 18.1 Å². The van der Waals surface area contributed by atoms with Gasteiger partial charge in [-0.3, -0.25) is 4.79 Å². The van der Waals surface area contributed by atoms with Gasteiger partial charge in [-0.05, 0) is 31.0 Å². The zero-order chi connectivity index (χ0) is 19.5. The van der Waals surface area contributed by atoms with E-state index in [1.165, 1.54) is 89.5 Å². The summed E-state index contributed by atoms with van der Waals surface area (Å²) in [6.07, 6.45) is 16.1. The third kappa shape index (κ3) is 13.8. The summed E-state index contributed by atoms with van der Waals surface area (Å²) in [6.45, 7) is 7.92. The third-order valence-electron chi connectivity index (χ3n) is 5.84. The first-order valence-corrected chi connectivity index (χ1v) is 13.9. The molecular formula is C22H46O3Si. The largest absolute Gasteiger partial charge is 0.469 e. The molecule has 0 spiro atoms. The molecule has 0 aromatic heterocycles. The summed E-state index contributed by atoms with van der Waals surface area (Å²) in [5.41, 5.74) is 0. The van der Waals surface area contributed by atoms with Crippen LogP contribution in [0.4, 0.5) is 0 Å². The van der Waals surface area contributed by atoms with Gasteiger partial charge in [0.25, 0.3) is 0 Å². The van der Waals surface area contributed by atoms with E-state index in [0.29, 0.717) is 6.42 Å². The maximum atomic E-state index is 11.0. The van der Waals surface area contributed by atoms with Crippen LogP contribution in [0.1, 0.15) is 104 Å². The van der Waals surface area contributed by atoms with Crippen LogP contribution in [0.5, 0.6) is 0 Å². The van der Waals surface area contributed by atoms with Crippen LogP contribution in [-0.2, 0) is 14.0 Å². The molecule has 0 rings (SSSR count). The molecule has 0 fully saturated rings. The van der Waals surface area contributed by atoms with Crippen molar-refractivity contribution >= 4 is 14.3 Å². The van der Waals surface area contributed by atoms with Crippen molar-refractivity contribution in [3.8, 4) is 0 Å². The van der Waals surface area contributed by atoms with Gasteiger partial charge in [0, 0.05) is 13.0 Å². The lowest BCUT2D eigenvalue weighted by molar-refractivity contribution is -0.140. The highest BCUT2D eigenvalue weighted by Crippen LogP contribution is 2.22. The van der Waals surface area contributed by atoms with Gasteiger partial charge in [0.2, 0.25) is 0 Å². The number of rotatable bonds is 19. The molecule has 0 aliphatic heterocycles. The summed E-state index contributed by atoms with van der Waals surface area (Å²) in [7, 11) is 0.115. The van der Waals surface area contributed by atoms with E-state index in [4.69, 9.17) is 4.43 Å². The smallest absolute Gasteiger partial charge is 0.305 e. The van der Waals surface area contributed by atoms with Gasteiger partial charge in [-0.1, -0.05) is 85.0 Å². The second-order valence-electron chi connectivity index (χ2n) is 7.66. The molecule has 4 heteroatoms. The summed E-state index contributed by atoms with van der Waals surface area (Å²) < 4.78 is 11.0. The maximum absolute atomic E-state index is 11.0. The fraction of sp³-hybridized carbons (Fsp3) is 0.955. The topological polar surface area (TPSA) is 35.5 Å². The standard InChI is InChI=1S/C22H46O3Si/c1-5-26(6-2,7-3)25-21-19-17-15-13-11-9-8-10-12-14-16-18-20-22(23)24-4/h5-21H2,1-4H3. The molecule has 0 saturated heterocycles. The molecule has 0 atom stereocenters. The Morgan fingerprint density at radius 3 is 1.42 bits per heavy atom. The van der Waals surface area contributed by atoms with Gasteiger partial charge >= 0.3 is 5.97 Å². The van der Waals surface area contributed by atoms with E-state index in [2.05, 4.69) is 25.5 Å². The van der Waals surface area contributed by atoms with Crippen LogP contribution in [0.25, 0.3) is 0 Å². The minimum absolute atomic E-state index is 0.0703. The number of esters is 1. The van der Waals surface area contributed by atoms with Crippen molar-refractivity contribution in [3.05, 3.63) is 0 Å². The van der Waals surface area contributed by atoms with E-state index in [1.54, 1.807) is 0 Å². The second-order valence-corrected chi connectivity index (χ2v) is 12.4. The monoisotopic (exact) mass is 386 g/mol. The van der Waals surface area contributed by atoms with E-state index >= 15 is 0 Å². The van der Waals surface area contributed by atoms with Crippen molar-refractivity contribution in [2.24, 2.45) is 0 Å². The fourth-order valence-electron chi connectivity index (χ4n) is 3.59. The van der Waals surface area contributed by atoms with Gasteiger partial charge < -0.3 is 9.16 Å². The molecule has 0 aliphatic rings. The van der Waals surface area contributed by atoms with Crippen LogP contribution in [0.15, 0.2) is 0 Å². The third-order valence-corrected chi connectivity index (χ3v) is 10.5. The molecule has 0 aliphatic carbocycles. The molecule has 0 aromatic rings. The van der Waals surface area contributed by atoms with Gasteiger partial charge in [0.15, 0.2) is 8.32 Å². The predicted octanol–water partition coefficient (Wildman–Crippen LogP) is 7.25. The number of carbonyl (C=O) groups excluding carboxylic acids is 1. The molecular weight excluding hydrogens is 340 g/mol. The Morgan fingerprint density at radius 2 is 1.04 bits per heavy atom.